The molecule has 0 nitrogen and oxygen atoms in total. The van der Waals surface area contributed by atoms with Gasteiger partial charge in [0.25, 0.3) is 0 Å². The molecule has 176 valence electrons. The van der Waals surface area contributed by atoms with Gasteiger partial charge in [-0.05, 0) is 0 Å². The van der Waals surface area contributed by atoms with Crippen LogP contribution in [0.25, 0.3) is 0 Å². The third-order valence-electron chi connectivity index (χ3n) is 7.87. The summed E-state index contributed by atoms with van der Waals surface area (Å²) in [7, 11) is -2.11. The first kappa shape index (κ1) is 24.2. The minimum atomic E-state index is -2.11. The summed E-state index contributed by atoms with van der Waals surface area (Å²) in [5.74, 6) is 0.818. The van der Waals surface area contributed by atoms with Crippen LogP contribution < -0.4 is 15.9 Å². The molecule has 1 heteroatoms. The van der Waals surface area contributed by atoms with E-state index in [1.165, 1.54) is 83.2 Å². The minimum absolute atomic E-state index is 0.818. The molecule has 0 heterocycles. The molecule has 0 unspecified atom stereocenters. The van der Waals surface area contributed by atoms with Gasteiger partial charge in [0.15, 0.2) is 0 Å². The first-order chi connectivity index (χ1) is 16.4. The standard InChI is InChI=1S/C32H43P/c1-2-4-6-8-13-21-29(20-12-7-5-3-1)28-33(30-22-14-9-15-23-30,31-24-16-10-17-25-31)32-26-18-11-19-27-32/h9-11,14-19,22-27,29,33H,1-8,12-13,20-21,28H2. The monoisotopic (exact) mass is 458 g/mol. The van der Waals surface area contributed by atoms with Crippen LogP contribution >= 0.6 is 7.26 Å². The Bertz CT molecular complexity index is 792. The van der Waals surface area contributed by atoms with Gasteiger partial charge >= 0.3 is 203 Å². The molecule has 0 N–H and O–H groups in total. The Morgan fingerprint density at radius 2 is 0.727 bits per heavy atom. The third-order valence-corrected chi connectivity index (χ3v) is 13.0. The predicted octanol–water partition coefficient (Wildman–Crippen LogP) is 8.02. The van der Waals surface area contributed by atoms with Gasteiger partial charge in [-0.3, -0.25) is 0 Å². The van der Waals surface area contributed by atoms with E-state index < -0.39 is 7.26 Å². The van der Waals surface area contributed by atoms with Crippen molar-refractivity contribution in [2.45, 2.75) is 77.0 Å². The zero-order valence-electron chi connectivity index (χ0n) is 20.4. The topological polar surface area (TPSA) is 0 Å². The SMILES string of the molecule is c1ccc([PH](CC2CCCCCCCCCCCC2)(c2ccccc2)c2ccccc2)cc1. The van der Waals surface area contributed by atoms with Crippen molar-refractivity contribution in [1.82, 2.24) is 0 Å². The van der Waals surface area contributed by atoms with Crippen molar-refractivity contribution in [1.29, 1.82) is 0 Å². The van der Waals surface area contributed by atoms with Crippen LogP contribution in [0.2, 0.25) is 0 Å². The summed E-state index contributed by atoms with van der Waals surface area (Å²) in [6, 6.07) is 34.6. The molecule has 0 aliphatic heterocycles. The molecule has 3 aromatic rings. The van der Waals surface area contributed by atoms with Gasteiger partial charge in [0.1, 0.15) is 0 Å². The fourth-order valence-electron chi connectivity index (χ4n) is 6.08. The van der Waals surface area contributed by atoms with E-state index in [0.29, 0.717) is 0 Å². The number of rotatable bonds is 5. The second kappa shape index (κ2) is 13.1. The predicted molar refractivity (Wildman–Crippen MR) is 150 cm³/mol. The molecular formula is C32H43P. The Kier molecular flexibility index (Phi) is 9.61. The zero-order chi connectivity index (χ0) is 22.6. The van der Waals surface area contributed by atoms with Gasteiger partial charge in [0.05, 0.1) is 0 Å². The van der Waals surface area contributed by atoms with Crippen molar-refractivity contribution in [3.63, 3.8) is 0 Å². The number of hydrogen-bond acceptors (Lipinski definition) is 0. The van der Waals surface area contributed by atoms with Crippen LogP contribution in [-0.2, 0) is 0 Å². The second-order valence-electron chi connectivity index (χ2n) is 10.2. The molecule has 0 aromatic heterocycles. The first-order valence-corrected chi connectivity index (χ1v) is 15.8. The maximum absolute atomic E-state index is 2.42. The fourth-order valence-corrected chi connectivity index (χ4v) is 11.3. The molecule has 1 fully saturated rings. The summed E-state index contributed by atoms with van der Waals surface area (Å²) < 4.78 is 0. The van der Waals surface area contributed by atoms with E-state index >= 15 is 0 Å². The summed E-state index contributed by atoms with van der Waals surface area (Å²) in [4.78, 5) is 0. The molecule has 0 atom stereocenters. The van der Waals surface area contributed by atoms with E-state index in [4.69, 9.17) is 0 Å². The molecule has 0 saturated heterocycles. The fraction of sp³-hybridized carbons (Fsp3) is 0.438. The molecule has 0 radical (unpaired) electrons. The van der Waals surface area contributed by atoms with E-state index in [0.717, 1.165) is 5.92 Å². The van der Waals surface area contributed by atoms with Crippen LogP contribution in [0, 0.1) is 5.92 Å². The van der Waals surface area contributed by atoms with Gasteiger partial charge in [-0.2, -0.15) is 0 Å². The molecule has 1 aliphatic carbocycles. The van der Waals surface area contributed by atoms with Crippen LogP contribution in [0.4, 0.5) is 0 Å². The Morgan fingerprint density at radius 1 is 0.424 bits per heavy atom. The molecule has 0 amide bonds. The van der Waals surface area contributed by atoms with Crippen LogP contribution in [0.15, 0.2) is 91.0 Å². The molecule has 0 spiro atoms. The Balaban J connectivity index is 1.71. The summed E-state index contributed by atoms with van der Waals surface area (Å²) in [5, 5.41) is 4.72. The third kappa shape index (κ3) is 6.58. The van der Waals surface area contributed by atoms with Crippen LogP contribution in [0.5, 0.6) is 0 Å². The maximum atomic E-state index is 2.42. The molecule has 4 rings (SSSR count). The summed E-state index contributed by atoms with van der Waals surface area (Å²) in [5.41, 5.74) is 0. The van der Waals surface area contributed by atoms with Crippen molar-refractivity contribution in [2.75, 3.05) is 6.16 Å². The van der Waals surface area contributed by atoms with Crippen LogP contribution in [0.3, 0.4) is 0 Å². The van der Waals surface area contributed by atoms with Crippen LogP contribution in [-0.4, -0.2) is 6.16 Å². The van der Waals surface area contributed by atoms with Gasteiger partial charge in [-0.25, -0.2) is 0 Å². The number of hydrogen-bond donors (Lipinski definition) is 0. The average Bonchev–Trinajstić information content (AvgIpc) is 2.91. The van der Waals surface area contributed by atoms with Crippen molar-refractivity contribution >= 4 is 23.2 Å². The normalized spacial score (nSPS) is 17.9. The van der Waals surface area contributed by atoms with Crippen molar-refractivity contribution in [3.05, 3.63) is 91.0 Å². The van der Waals surface area contributed by atoms with Crippen molar-refractivity contribution in [2.24, 2.45) is 5.92 Å². The second-order valence-corrected chi connectivity index (χ2v) is 14.1. The van der Waals surface area contributed by atoms with Crippen LogP contribution in [0.1, 0.15) is 77.0 Å². The first-order valence-electron chi connectivity index (χ1n) is 13.6. The van der Waals surface area contributed by atoms with E-state index in [9.17, 15) is 0 Å². The van der Waals surface area contributed by atoms with Gasteiger partial charge in [0, 0.05) is 0 Å². The molecule has 33 heavy (non-hydrogen) atoms. The van der Waals surface area contributed by atoms with Gasteiger partial charge in [0.2, 0.25) is 0 Å². The van der Waals surface area contributed by atoms with E-state index in [-0.39, 0.29) is 0 Å². The van der Waals surface area contributed by atoms with Crippen molar-refractivity contribution in [3.8, 4) is 0 Å². The summed E-state index contributed by atoms with van der Waals surface area (Å²) in [6.07, 6.45) is 18.5. The Morgan fingerprint density at radius 3 is 1.06 bits per heavy atom. The zero-order valence-corrected chi connectivity index (χ0v) is 21.4. The van der Waals surface area contributed by atoms with Gasteiger partial charge < -0.3 is 0 Å². The van der Waals surface area contributed by atoms with Gasteiger partial charge in [-0.15, -0.1) is 0 Å². The van der Waals surface area contributed by atoms with E-state index in [1.807, 2.05) is 0 Å². The molecule has 1 saturated carbocycles. The van der Waals surface area contributed by atoms with Gasteiger partial charge in [-0.1, -0.05) is 0 Å². The number of benzene rings is 3. The Labute approximate surface area is 203 Å². The summed E-state index contributed by atoms with van der Waals surface area (Å²) in [6.45, 7) is 0. The quantitative estimate of drug-likeness (QED) is 0.340. The molecule has 0 bridgehead atoms. The molecular weight excluding hydrogens is 415 g/mol. The molecule has 1 aliphatic rings. The Hall–Kier alpha value is -1.91. The average molecular weight is 459 g/mol. The van der Waals surface area contributed by atoms with E-state index in [2.05, 4.69) is 91.0 Å². The molecule has 3 aromatic carbocycles. The van der Waals surface area contributed by atoms with Crippen molar-refractivity contribution < 1.29 is 0 Å². The summed E-state index contributed by atoms with van der Waals surface area (Å²) >= 11 is 0. The van der Waals surface area contributed by atoms with E-state index in [1.54, 1.807) is 15.9 Å².